The molecule has 0 radical (unpaired) electrons. The van der Waals surface area contributed by atoms with Crippen LogP contribution >= 0.6 is 0 Å². The van der Waals surface area contributed by atoms with E-state index in [1.54, 1.807) is 0 Å². The Morgan fingerprint density at radius 3 is 2.08 bits per heavy atom. The molecule has 0 aromatic carbocycles. The molecule has 1 aliphatic rings. The highest BCUT2D eigenvalue weighted by Crippen LogP contribution is 2.34. The Hall–Kier alpha value is -2.05. The minimum absolute atomic E-state index is 0.112. The molecule has 0 bridgehead atoms. The van der Waals surface area contributed by atoms with E-state index in [1.807, 2.05) is 20.8 Å². The van der Waals surface area contributed by atoms with E-state index in [9.17, 15) is 4.79 Å². The van der Waals surface area contributed by atoms with E-state index in [0.717, 1.165) is 25.9 Å². The van der Waals surface area contributed by atoms with Gasteiger partial charge in [0.15, 0.2) is 5.69 Å². The molecule has 0 spiro atoms. The van der Waals surface area contributed by atoms with Crippen molar-refractivity contribution in [3.8, 4) is 11.8 Å². The summed E-state index contributed by atoms with van der Waals surface area (Å²) in [5, 5.41) is 2.84. The third-order valence-corrected chi connectivity index (χ3v) is 3.81. The summed E-state index contributed by atoms with van der Waals surface area (Å²) in [5.41, 5.74) is 0.272. The maximum Gasteiger partial charge on any atom is 0.246 e. The van der Waals surface area contributed by atoms with Gasteiger partial charge in [-0.15, -0.1) is 0 Å². The van der Waals surface area contributed by atoms with Crippen LogP contribution in [0.15, 0.2) is 0 Å². The number of methoxy groups -OCH3 is 2. The van der Waals surface area contributed by atoms with E-state index in [4.69, 9.17) is 9.47 Å². The molecule has 1 N–H and O–H groups in total. The molecular weight excluding hydrogens is 308 g/mol. The molecule has 1 amide bonds. The molecule has 0 aliphatic carbocycles. The summed E-state index contributed by atoms with van der Waals surface area (Å²) >= 11 is 0. The topological polar surface area (TPSA) is 76.6 Å². The molecule has 24 heavy (non-hydrogen) atoms. The molecule has 134 valence electrons. The molecule has 2 rings (SSSR count). The van der Waals surface area contributed by atoms with Gasteiger partial charge in [-0.2, -0.15) is 9.97 Å². The zero-order valence-electron chi connectivity index (χ0n) is 15.3. The Morgan fingerprint density at radius 1 is 1.08 bits per heavy atom. The van der Waals surface area contributed by atoms with Crippen LogP contribution in [0.2, 0.25) is 0 Å². The maximum absolute atomic E-state index is 12.3. The van der Waals surface area contributed by atoms with Crippen LogP contribution in [0.5, 0.6) is 11.8 Å². The van der Waals surface area contributed by atoms with Gasteiger partial charge in [-0.3, -0.25) is 4.79 Å². The molecule has 1 fully saturated rings. The first-order valence-electron chi connectivity index (χ1n) is 8.39. The number of nitrogens with one attached hydrogen (secondary N) is 1. The van der Waals surface area contributed by atoms with Crippen molar-refractivity contribution in [1.82, 2.24) is 9.97 Å². The fraction of sp³-hybridized carbons (Fsp3) is 0.706. The summed E-state index contributed by atoms with van der Waals surface area (Å²) in [6, 6.07) is 0. The van der Waals surface area contributed by atoms with Crippen LogP contribution < -0.4 is 19.7 Å². The minimum Gasteiger partial charge on any atom is -0.479 e. The summed E-state index contributed by atoms with van der Waals surface area (Å²) in [6.07, 6.45) is 3.86. The molecule has 1 saturated heterocycles. The number of hydrogen-bond donors (Lipinski definition) is 1. The SMILES string of the molecule is COc1nc(N2CCCCC2)nc(OC)c1NC(=O)CC(C)(C)C. The third kappa shape index (κ3) is 4.72. The molecular formula is C17H28N4O3. The lowest BCUT2D eigenvalue weighted by atomic mass is 9.92. The number of nitrogens with zero attached hydrogens (tertiary/aromatic N) is 3. The summed E-state index contributed by atoms with van der Waals surface area (Å²) in [6.45, 7) is 7.87. The lowest BCUT2D eigenvalue weighted by Crippen LogP contribution is -2.31. The van der Waals surface area contributed by atoms with E-state index in [-0.39, 0.29) is 11.3 Å². The number of carbonyl (C=O) groups is 1. The van der Waals surface area contributed by atoms with Crippen LogP contribution in [0.3, 0.4) is 0 Å². The second kappa shape index (κ2) is 7.68. The van der Waals surface area contributed by atoms with Gasteiger partial charge in [-0.25, -0.2) is 0 Å². The van der Waals surface area contributed by atoms with E-state index in [2.05, 4.69) is 20.2 Å². The predicted molar refractivity (Wildman–Crippen MR) is 93.9 cm³/mol. The van der Waals surface area contributed by atoms with Crippen LogP contribution in [0.25, 0.3) is 0 Å². The molecule has 1 aromatic rings. The Labute approximate surface area is 143 Å². The fourth-order valence-electron chi connectivity index (χ4n) is 2.71. The molecule has 0 saturated carbocycles. The maximum atomic E-state index is 12.3. The van der Waals surface area contributed by atoms with Gasteiger partial charge in [0.1, 0.15) is 0 Å². The average molecular weight is 336 g/mol. The summed E-state index contributed by atoms with van der Waals surface area (Å²) < 4.78 is 10.8. The highest BCUT2D eigenvalue weighted by atomic mass is 16.5. The smallest absolute Gasteiger partial charge is 0.246 e. The first kappa shape index (κ1) is 18.3. The molecule has 1 aromatic heterocycles. The Morgan fingerprint density at radius 2 is 1.62 bits per heavy atom. The summed E-state index contributed by atoms with van der Waals surface area (Å²) in [7, 11) is 3.06. The van der Waals surface area contributed by atoms with Gasteiger partial charge < -0.3 is 19.7 Å². The number of anilines is 2. The quantitative estimate of drug-likeness (QED) is 0.891. The summed E-state index contributed by atoms with van der Waals surface area (Å²) in [5.74, 6) is 1.11. The van der Waals surface area contributed by atoms with E-state index in [0.29, 0.717) is 29.8 Å². The van der Waals surface area contributed by atoms with E-state index >= 15 is 0 Å². The van der Waals surface area contributed by atoms with E-state index < -0.39 is 0 Å². The molecule has 7 heteroatoms. The number of hydrogen-bond acceptors (Lipinski definition) is 6. The highest BCUT2D eigenvalue weighted by Gasteiger charge is 2.24. The minimum atomic E-state index is -0.117. The van der Waals surface area contributed by atoms with Gasteiger partial charge in [0, 0.05) is 19.5 Å². The van der Waals surface area contributed by atoms with Crippen molar-refractivity contribution in [2.75, 3.05) is 37.5 Å². The second-order valence-electron chi connectivity index (χ2n) is 7.25. The van der Waals surface area contributed by atoms with Gasteiger partial charge in [-0.1, -0.05) is 20.8 Å². The van der Waals surface area contributed by atoms with Crippen molar-refractivity contribution in [2.45, 2.75) is 46.5 Å². The van der Waals surface area contributed by atoms with Gasteiger partial charge in [-0.05, 0) is 24.7 Å². The van der Waals surface area contributed by atoms with Gasteiger partial charge >= 0.3 is 0 Å². The van der Waals surface area contributed by atoms with Crippen LogP contribution in [0.4, 0.5) is 11.6 Å². The molecule has 0 atom stereocenters. The fourth-order valence-corrected chi connectivity index (χ4v) is 2.71. The molecule has 2 heterocycles. The average Bonchev–Trinajstić information content (AvgIpc) is 2.54. The van der Waals surface area contributed by atoms with Crippen LogP contribution in [-0.4, -0.2) is 43.2 Å². The number of amides is 1. The number of carbonyl (C=O) groups excluding carboxylic acids is 1. The standard InChI is InChI=1S/C17H28N4O3/c1-17(2,3)11-12(22)18-13-14(23-4)19-16(20-15(13)24-5)21-9-7-6-8-10-21/h6-11H2,1-5H3,(H,18,22). The Balaban J connectivity index is 2.28. The van der Waals surface area contributed by atoms with Crippen molar-refractivity contribution in [1.29, 1.82) is 0 Å². The highest BCUT2D eigenvalue weighted by molar-refractivity contribution is 5.93. The first-order valence-corrected chi connectivity index (χ1v) is 8.39. The lowest BCUT2D eigenvalue weighted by Gasteiger charge is -2.27. The summed E-state index contributed by atoms with van der Waals surface area (Å²) in [4.78, 5) is 23.3. The van der Waals surface area contributed by atoms with Crippen molar-refractivity contribution in [2.24, 2.45) is 5.41 Å². The number of piperidine rings is 1. The van der Waals surface area contributed by atoms with Gasteiger partial charge in [0.25, 0.3) is 0 Å². The van der Waals surface area contributed by atoms with Crippen LogP contribution in [0.1, 0.15) is 46.5 Å². The zero-order valence-corrected chi connectivity index (χ0v) is 15.3. The van der Waals surface area contributed by atoms with Crippen molar-refractivity contribution in [3.05, 3.63) is 0 Å². The van der Waals surface area contributed by atoms with Gasteiger partial charge in [0.2, 0.25) is 23.6 Å². The number of aromatic nitrogens is 2. The predicted octanol–water partition coefficient (Wildman–Crippen LogP) is 2.86. The Bertz CT molecular complexity index is 553. The van der Waals surface area contributed by atoms with Crippen LogP contribution in [0, 0.1) is 5.41 Å². The normalized spacial score (nSPS) is 15.1. The van der Waals surface area contributed by atoms with Crippen molar-refractivity contribution < 1.29 is 14.3 Å². The lowest BCUT2D eigenvalue weighted by molar-refractivity contribution is -0.117. The monoisotopic (exact) mass is 336 g/mol. The molecule has 7 nitrogen and oxygen atoms in total. The number of rotatable bonds is 5. The first-order chi connectivity index (χ1) is 11.3. The number of ether oxygens (including phenoxy) is 2. The largest absolute Gasteiger partial charge is 0.479 e. The Kier molecular flexibility index (Phi) is 5.85. The second-order valence-corrected chi connectivity index (χ2v) is 7.25. The van der Waals surface area contributed by atoms with Crippen LogP contribution in [-0.2, 0) is 4.79 Å². The van der Waals surface area contributed by atoms with E-state index in [1.165, 1.54) is 20.6 Å². The third-order valence-electron chi connectivity index (χ3n) is 3.81. The zero-order chi connectivity index (χ0) is 17.7. The molecule has 0 unspecified atom stereocenters. The van der Waals surface area contributed by atoms with Gasteiger partial charge in [0.05, 0.1) is 14.2 Å². The van der Waals surface area contributed by atoms with Crippen molar-refractivity contribution >= 4 is 17.5 Å². The molecule has 1 aliphatic heterocycles. The van der Waals surface area contributed by atoms with Crippen molar-refractivity contribution in [3.63, 3.8) is 0 Å².